The molecule has 2 heterocycles. The molecule has 0 atom stereocenters. The summed E-state index contributed by atoms with van der Waals surface area (Å²) in [5.74, 6) is 1.22. The van der Waals surface area contributed by atoms with Crippen molar-refractivity contribution in [3.05, 3.63) is 65.4 Å². The van der Waals surface area contributed by atoms with Gasteiger partial charge in [-0.05, 0) is 35.9 Å². The zero-order valence-electron chi connectivity index (χ0n) is 10.1. The molecule has 3 nitrogen and oxygen atoms in total. The lowest BCUT2D eigenvalue weighted by Gasteiger charge is -1.99. The molecule has 0 aliphatic carbocycles. The molecule has 0 N–H and O–H groups in total. The number of carbonyl (C=O) groups is 1. The second-order valence-corrected chi connectivity index (χ2v) is 4.32. The highest BCUT2D eigenvalue weighted by Gasteiger charge is 2.18. The summed E-state index contributed by atoms with van der Waals surface area (Å²) in [5.41, 5.74) is 0.958. The zero-order chi connectivity index (χ0) is 13.2. The summed E-state index contributed by atoms with van der Waals surface area (Å²) < 4.78 is 23.4. The van der Waals surface area contributed by atoms with Crippen LogP contribution in [0.1, 0.15) is 23.5 Å². The molecule has 19 heavy (non-hydrogen) atoms. The van der Waals surface area contributed by atoms with Crippen LogP contribution in [0.15, 0.2) is 46.9 Å². The Morgan fingerprint density at radius 2 is 1.89 bits per heavy atom. The van der Waals surface area contributed by atoms with Crippen molar-refractivity contribution in [1.82, 2.24) is 0 Å². The highest BCUT2D eigenvalue weighted by molar-refractivity contribution is 5.84. The largest absolute Gasteiger partial charge is 0.457 e. The lowest BCUT2D eigenvalue weighted by molar-refractivity contribution is -0.134. The molecule has 2 aromatic rings. The highest BCUT2D eigenvalue weighted by atomic mass is 19.1. The summed E-state index contributed by atoms with van der Waals surface area (Å²) in [6.07, 6.45) is 2.55. The lowest BCUT2D eigenvalue weighted by atomic mass is 10.1. The Morgan fingerprint density at radius 3 is 2.58 bits per heavy atom. The molecule has 3 rings (SSSR count). The molecule has 1 aliphatic rings. The van der Waals surface area contributed by atoms with E-state index < -0.39 is 0 Å². The molecule has 1 aromatic carbocycles. The standard InChI is InChI=1S/C15H11FO3/c16-11-3-1-10(2-4-11)9-12-5-6-13(18-12)14-7-8-15(17)19-14/h1-7H,8-9H2. The summed E-state index contributed by atoms with van der Waals surface area (Å²) in [5, 5.41) is 0. The van der Waals surface area contributed by atoms with Crippen LogP contribution in [0.3, 0.4) is 0 Å². The summed E-state index contributed by atoms with van der Waals surface area (Å²) in [6, 6.07) is 9.86. The van der Waals surface area contributed by atoms with Crippen molar-refractivity contribution in [1.29, 1.82) is 0 Å². The van der Waals surface area contributed by atoms with Crippen molar-refractivity contribution >= 4 is 11.7 Å². The Hall–Kier alpha value is -2.36. The Balaban J connectivity index is 1.75. The average molecular weight is 258 g/mol. The molecular formula is C15H11FO3. The van der Waals surface area contributed by atoms with Gasteiger partial charge in [0.25, 0.3) is 0 Å². The van der Waals surface area contributed by atoms with Crippen molar-refractivity contribution in [2.45, 2.75) is 12.8 Å². The maximum absolute atomic E-state index is 12.8. The Labute approximate surface area is 109 Å². The summed E-state index contributed by atoms with van der Waals surface area (Å²) >= 11 is 0. The van der Waals surface area contributed by atoms with Crippen LogP contribution >= 0.6 is 0 Å². The van der Waals surface area contributed by atoms with E-state index in [4.69, 9.17) is 9.15 Å². The van der Waals surface area contributed by atoms with Crippen LogP contribution in [-0.4, -0.2) is 5.97 Å². The van der Waals surface area contributed by atoms with Gasteiger partial charge in [0.1, 0.15) is 11.6 Å². The first-order chi connectivity index (χ1) is 9.20. The summed E-state index contributed by atoms with van der Waals surface area (Å²) in [7, 11) is 0. The molecule has 0 saturated heterocycles. The quantitative estimate of drug-likeness (QED) is 0.793. The lowest BCUT2D eigenvalue weighted by Crippen LogP contribution is -1.92. The monoisotopic (exact) mass is 258 g/mol. The number of ether oxygens (including phenoxy) is 1. The molecule has 1 aromatic heterocycles. The van der Waals surface area contributed by atoms with E-state index in [0.29, 0.717) is 17.9 Å². The predicted octanol–water partition coefficient (Wildman–Crippen LogP) is 3.30. The Bertz CT molecular complexity index is 638. The minimum Gasteiger partial charge on any atom is -0.457 e. The SMILES string of the molecule is O=C1CC=C(c2ccc(Cc3ccc(F)cc3)o2)O1. The number of hydrogen-bond acceptors (Lipinski definition) is 3. The third-order valence-corrected chi connectivity index (χ3v) is 2.87. The molecule has 0 saturated carbocycles. The first-order valence-corrected chi connectivity index (χ1v) is 5.95. The molecule has 0 amide bonds. The summed E-state index contributed by atoms with van der Waals surface area (Å²) in [4.78, 5) is 11.0. The first-order valence-electron chi connectivity index (χ1n) is 5.95. The van der Waals surface area contributed by atoms with E-state index in [2.05, 4.69) is 0 Å². The topological polar surface area (TPSA) is 39.4 Å². The summed E-state index contributed by atoms with van der Waals surface area (Å²) in [6.45, 7) is 0. The van der Waals surface area contributed by atoms with Gasteiger partial charge in [-0.3, -0.25) is 4.79 Å². The van der Waals surface area contributed by atoms with Gasteiger partial charge in [-0.1, -0.05) is 12.1 Å². The fourth-order valence-electron chi connectivity index (χ4n) is 1.94. The van der Waals surface area contributed by atoms with Crippen LogP contribution < -0.4 is 0 Å². The van der Waals surface area contributed by atoms with E-state index in [1.165, 1.54) is 12.1 Å². The molecule has 0 fully saturated rings. The van der Waals surface area contributed by atoms with Gasteiger partial charge in [0.05, 0.1) is 6.42 Å². The number of halogens is 1. The van der Waals surface area contributed by atoms with Crippen molar-refractivity contribution in [3.8, 4) is 0 Å². The third-order valence-electron chi connectivity index (χ3n) is 2.87. The van der Waals surface area contributed by atoms with Gasteiger partial charge in [0.15, 0.2) is 11.5 Å². The minimum atomic E-state index is -0.272. The van der Waals surface area contributed by atoms with Gasteiger partial charge in [0.2, 0.25) is 0 Å². The molecule has 0 bridgehead atoms. The van der Waals surface area contributed by atoms with E-state index in [-0.39, 0.29) is 18.2 Å². The highest BCUT2D eigenvalue weighted by Crippen LogP contribution is 2.25. The molecule has 96 valence electrons. The number of esters is 1. The molecule has 1 aliphatic heterocycles. The molecular weight excluding hydrogens is 247 g/mol. The molecule has 0 radical (unpaired) electrons. The van der Waals surface area contributed by atoms with E-state index >= 15 is 0 Å². The van der Waals surface area contributed by atoms with Crippen LogP contribution in [0.25, 0.3) is 5.76 Å². The second-order valence-electron chi connectivity index (χ2n) is 4.32. The van der Waals surface area contributed by atoms with Crippen molar-refractivity contribution < 1.29 is 18.3 Å². The molecule has 0 unspecified atom stereocenters. The van der Waals surface area contributed by atoms with E-state index in [1.807, 2.05) is 6.07 Å². The van der Waals surface area contributed by atoms with Crippen LogP contribution in [0.4, 0.5) is 4.39 Å². The van der Waals surface area contributed by atoms with E-state index in [1.54, 1.807) is 24.3 Å². The Morgan fingerprint density at radius 1 is 1.11 bits per heavy atom. The van der Waals surface area contributed by atoms with Gasteiger partial charge in [0, 0.05) is 6.42 Å². The minimum absolute atomic E-state index is 0.257. The molecule has 4 heteroatoms. The fourth-order valence-corrected chi connectivity index (χ4v) is 1.94. The van der Waals surface area contributed by atoms with Crippen molar-refractivity contribution in [3.63, 3.8) is 0 Å². The number of benzene rings is 1. The number of hydrogen-bond donors (Lipinski definition) is 0. The second kappa shape index (κ2) is 4.72. The van der Waals surface area contributed by atoms with Crippen LogP contribution in [0, 0.1) is 5.82 Å². The number of cyclic esters (lactones) is 1. The van der Waals surface area contributed by atoms with E-state index in [0.717, 1.165) is 11.3 Å². The van der Waals surface area contributed by atoms with Crippen LogP contribution in [-0.2, 0) is 16.0 Å². The normalized spacial score (nSPS) is 14.4. The zero-order valence-corrected chi connectivity index (χ0v) is 10.1. The number of furan rings is 1. The average Bonchev–Trinajstić information content (AvgIpc) is 3.01. The van der Waals surface area contributed by atoms with Crippen LogP contribution in [0.2, 0.25) is 0 Å². The van der Waals surface area contributed by atoms with Gasteiger partial charge in [-0.25, -0.2) is 4.39 Å². The Kier molecular flexibility index (Phi) is 2.91. The van der Waals surface area contributed by atoms with Crippen molar-refractivity contribution in [2.75, 3.05) is 0 Å². The number of carbonyl (C=O) groups excluding carboxylic acids is 1. The van der Waals surface area contributed by atoms with Crippen molar-refractivity contribution in [2.24, 2.45) is 0 Å². The molecule has 0 spiro atoms. The van der Waals surface area contributed by atoms with Gasteiger partial charge in [-0.2, -0.15) is 0 Å². The fraction of sp³-hybridized carbons (Fsp3) is 0.133. The maximum Gasteiger partial charge on any atom is 0.315 e. The number of rotatable bonds is 3. The predicted molar refractivity (Wildman–Crippen MR) is 66.6 cm³/mol. The van der Waals surface area contributed by atoms with E-state index in [9.17, 15) is 9.18 Å². The smallest absolute Gasteiger partial charge is 0.315 e. The van der Waals surface area contributed by atoms with Gasteiger partial charge in [-0.15, -0.1) is 0 Å². The first kappa shape index (κ1) is 11.7. The van der Waals surface area contributed by atoms with Crippen LogP contribution in [0.5, 0.6) is 0 Å². The van der Waals surface area contributed by atoms with Gasteiger partial charge < -0.3 is 9.15 Å². The maximum atomic E-state index is 12.8. The third kappa shape index (κ3) is 2.57. The van der Waals surface area contributed by atoms with Gasteiger partial charge >= 0.3 is 5.97 Å².